The van der Waals surface area contributed by atoms with Crippen LogP contribution in [0.25, 0.3) is 0 Å². The predicted octanol–water partition coefficient (Wildman–Crippen LogP) is 0.0919. The fraction of sp³-hybridized carbons (Fsp3) is 0.900. The molecule has 2 heterocycles. The molecule has 31 heavy (non-hydrogen) atoms. The maximum atomic E-state index is 13.1. The van der Waals surface area contributed by atoms with E-state index < -0.39 is 47.2 Å². The minimum absolute atomic E-state index is 0.0184. The van der Waals surface area contributed by atoms with E-state index in [1.54, 1.807) is 13.2 Å². The Hall–Kier alpha value is -0.620. The minimum atomic E-state index is -1.42. The molecule has 0 aliphatic carbocycles. The highest BCUT2D eigenvalue weighted by molar-refractivity contribution is 7.99. The van der Waals surface area contributed by atoms with Crippen LogP contribution in [0.5, 0.6) is 0 Å². The molecule has 6 unspecified atom stereocenters. The topological polar surface area (TPSA) is 140 Å². The Balaban J connectivity index is 2.11. The summed E-state index contributed by atoms with van der Waals surface area (Å²) < 4.78 is 5.80. The summed E-state index contributed by atoms with van der Waals surface area (Å²) >= 11 is 7.53. The van der Waals surface area contributed by atoms with Gasteiger partial charge in [-0.15, -0.1) is 23.4 Å². The number of amides is 1. The second-order valence-electron chi connectivity index (χ2n) is 8.50. The molecule has 9 atom stereocenters. The van der Waals surface area contributed by atoms with Gasteiger partial charge in [0.2, 0.25) is 5.91 Å². The number of aliphatic hydroxyl groups is 3. The van der Waals surface area contributed by atoms with Crippen molar-refractivity contribution in [3.8, 4) is 0 Å². The predicted molar refractivity (Wildman–Crippen MR) is 118 cm³/mol. The van der Waals surface area contributed by atoms with Gasteiger partial charge in [-0.2, -0.15) is 0 Å². The number of halogens is 1. The number of carboxylic acids is 1. The van der Waals surface area contributed by atoms with Crippen LogP contribution in [0.1, 0.15) is 33.1 Å². The number of carboxylic acid groups (broad SMARTS) is 1. The average molecular weight is 483 g/mol. The SMILES string of the molecule is CCC1CC(C(=O)NC(C(C)Cl)C2O[C@H](SC)C(O)[C@H](O)[C@H]2O)CN(CCC(=O)O)C1. The van der Waals surface area contributed by atoms with E-state index >= 15 is 0 Å². The number of alkyl halides is 1. The third-order valence-corrected chi connectivity index (χ3v) is 7.33. The van der Waals surface area contributed by atoms with E-state index in [0.717, 1.165) is 13.0 Å². The normalized spacial score (nSPS) is 36.5. The van der Waals surface area contributed by atoms with Crippen molar-refractivity contribution in [2.75, 3.05) is 25.9 Å². The number of nitrogens with zero attached hydrogens (tertiary/aromatic N) is 1. The lowest BCUT2D eigenvalue weighted by atomic mass is 9.86. The van der Waals surface area contributed by atoms with E-state index in [4.69, 9.17) is 21.4 Å². The summed E-state index contributed by atoms with van der Waals surface area (Å²) in [4.78, 5) is 26.1. The van der Waals surface area contributed by atoms with Crippen molar-refractivity contribution in [1.82, 2.24) is 10.2 Å². The molecule has 11 heteroatoms. The summed E-state index contributed by atoms with van der Waals surface area (Å²) in [5, 5.41) is 42.1. The van der Waals surface area contributed by atoms with Gasteiger partial charge < -0.3 is 35.4 Å². The number of aliphatic hydroxyl groups excluding tert-OH is 3. The van der Waals surface area contributed by atoms with E-state index in [9.17, 15) is 24.9 Å². The zero-order valence-electron chi connectivity index (χ0n) is 18.2. The molecule has 0 bridgehead atoms. The first kappa shape index (κ1) is 26.6. The largest absolute Gasteiger partial charge is 0.481 e. The summed E-state index contributed by atoms with van der Waals surface area (Å²) in [6.45, 7) is 5.30. The maximum Gasteiger partial charge on any atom is 0.304 e. The second kappa shape index (κ2) is 12.0. The summed E-state index contributed by atoms with van der Waals surface area (Å²) in [5.74, 6) is -1.19. The maximum absolute atomic E-state index is 13.1. The van der Waals surface area contributed by atoms with Crippen LogP contribution in [0.3, 0.4) is 0 Å². The highest BCUT2D eigenvalue weighted by atomic mass is 35.5. The molecule has 180 valence electrons. The van der Waals surface area contributed by atoms with E-state index in [-0.39, 0.29) is 24.2 Å². The van der Waals surface area contributed by atoms with Crippen LogP contribution in [-0.4, -0.2) is 104 Å². The van der Waals surface area contributed by atoms with Crippen molar-refractivity contribution in [3.63, 3.8) is 0 Å². The summed E-state index contributed by atoms with van der Waals surface area (Å²) in [7, 11) is 0. The Morgan fingerprint density at radius 2 is 1.90 bits per heavy atom. The van der Waals surface area contributed by atoms with Crippen LogP contribution in [-0.2, 0) is 14.3 Å². The number of hydrogen-bond donors (Lipinski definition) is 5. The Bertz CT molecular complexity index is 612. The van der Waals surface area contributed by atoms with Crippen molar-refractivity contribution in [3.05, 3.63) is 0 Å². The molecule has 0 spiro atoms. The van der Waals surface area contributed by atoms with E-state index in [0.29, 0.717) is 19.5 Å². The van der Waals surface area contributed by atoms with Gasteiger partial charge in [0.15, 0.2) is 0 Å². The van der Waals surface area contributed by atoms with E-state index in [1.807, 2.05) is 11.8 Å². The third kappa shape index (κ3) is 6.93. The van der Waals surface area contributed by atoms with Gasteiger partial charge in [0.1, 0.15) is 29.9 Å². The molecule has 1 amide bonds. The molecule has 0 aromatic rings. The van der Waals surface area contributed by atoms with Gasteiger partial charge in [0, 0.05) is 19.6 Å². The van der Waals surface area contributed by atoms with Gasteiger partial charge in [-0.1, -0.05) is 13.3 Å². The highest BCUT2D eigenvalue weighted by Gasteiger charge is 2.48. The summed E-state index contributed by atoms with van der Waals surface area (Å²) in [6, 6.07) is -0.782. The molecular formula is C20H35ClN2O7S. The zero-order valence-corrected chi connectivity index (χ0v) is 19.8. The number of piperidine rings is 1. The van der Waals surface area contributed by atoms with Gasteiger partial charge in [0.05, 0.1) is 23.8 Å². The molecule has 0 aromatic heterocycles. The monoisotopic (exact) mass is 482 g/mol. The standard InChI is InChI=1S/C20H35ClN2O7S/c1-4-11-7-12(9-23(8-11)6-5-13(24)25)19(29)22-14(10(2)21)18-16(27)15(26)17(28)20(30-18)31-3/h10-12,14-18,20,26-28H,4-9H2,1-3H3,(H,22,29)(H,24,25)/t10?,11?,12?,14?,15-,16-,17?,18?,20-/m1/s1. The van der Waals surface area contributed by atoms with Gasteiger partial charge in [0.25, 0.3) is 0 Å². The lowest BCUT2D eigenvalue weighted by Crippen LogP contribution is -2.65. The van der Waals surface area contributed by atoms with Gasteiger partial charge in [-0.25, -0.2) is 0 Å². The second-order valence-corrected chi connectivity index (χ2v) is 10.1. The molecular weight excluding hydrogens is 448 g/mol. The van der Waals surface area contributed by atoms with Crippen LogP contribution in [0.4, 0.5) is 0 Å². The Morgan fingerprint density at radius 3 is 2.45 bits per heavy atom. The number of nitrogens with one attached hydrogen (secondary N) is 1. The number of aliphatic carboxylic acids is 1. The molecule has 0 saturated carbocycles. The molecule has 2 fully saturated rings. The van der Waals surface area contributed by atoms with Crippen molar-refractivity contribution in [1.29, 1.82) is 0 Å². The number of hydrogen-bond acceptors (Lipinski definition) is 8. The van der Waals surface area contributed by atoms with Crippen LogP contribution in [0.2, 0.25) is 0 Å². The number of thioether (sulfide) groups is 1. The fourth-order valence-corrected chi connectivity index (χ4v) is 5.22. The number of likely N-dealkylation sites (tertiary alicyclic amines) is 1. The molecule has 0 aromatic carbocycles. The number of rotatable bonds is 9. The Kier molecular flexibility index (Phi) is 10.3. The average Bonchev–Trinajstić information content (AvgIpc) is 2.74. The first-order valence-corrected chi connectivity index (χ1v) is 12.4. The quantitative estimate of drug-likeness (QED) is 0.289. The Morgan fingerprint density at radius 1 is 1.23 bits per heavy atom. The Labute approximate surface area is 192 Å². The van der Waals surface area contributed by atoms with Crippen LogP contribution >= 0.6 is 23.4 Å². The number of carbonyl (C=O) groups excluding carboxylic acids is 1. The first-order chi connectivity index (χ1) is 14.6. The van der Waals surface area contributed by atoms with Crippen molar-refractivity contribution in [2.45, 2.75) is 74.4 Å². The van der Waals surface area contributed by atoms with Crippen LogP contribution in [0.15, 0.2) is 0 Å². The van der Waals surface area contributed by atoms with Crippen molar-refractivity contribution in [2.24, 2.45) is 11.8 Å². The van der Waals surface area contributed by atoms with E-state index in [1.165, 1.54) is 11.8 Å². The number of ether oxygens (including phenoxy) is 1. The first-order valence-electron chi connectivity index (χ1n) is 10.7. The molecule has 2 rings (SSSR count). The van der Waals surface area contributed by atoms with Crippen molar-refractivity contribution < 1.29 is 34.8 Å². The lowest BCUT2D eigenvalue weighted by Gasteiger charge is -2.44. The van der Waals surface area contributed by atoms with Gasteiger partial charge in [-0.3, -0.25) is 9.59 Å². The summed E-state index contributed by atoms with van der Waals surface area (Å²) in [6.07, 6.45) is -1.78. The van der Waals surface area contributed by atoms with Crippen LogP contribution in [0, 0.1) is 11.8 Å². The molecule has 2 saturated heterocycles. The minimum Gasteiger partial charge on any atom is -0.481 e. The summed E-state index contributed by atoms with van der Waals surface area (Å²) in [5.41, 5.74) is -0.760. The highest BCUT2D eigenvalue weighted by Crippen LogP contribution is 2.31. The molecule has 2 aliphatic heterocycles. The smallest absolute Gasteiger partial charge is 0.304 e. The molecule has 5 N–H and O–H groups in total. The molecule has 0 radical (unpaired) electrons. The van der Waals surface area contributed by atoms with Gasteiger partial charge in [-0.05, 0) is 25.5 Å². The zero-order chi connectivity index (χ0) is 23.3. The van der Waals surface area contributed by atoms with Crippen LogP contribution < -0.4 is 5.32 Å². The molecule has 2 aliphatic rings. The fourth-order valence-electron chi connectivity index (χ4n) is 4.33. The van der Waals surface area contributed by atoms with Gasteiger partial charge >= 0.3 is 5.97 Å². The van der Waals surface area contributed by atoms with E-state index in [2.05, 4.69) is 5.32 Å². The number of carbonyl (C=O) groups is 2. The third-order valence-electron chi connectivity index (χ3n) is 6.20. The lowest BCUT2D eigenvalue weighted by molar-refractivity contribution is -0.205. The molecule has 9 nitrogen and oxygen atoms in total. The van der Waals surface area contributed by atoms with Crippen molar-refractivity contribution >= 4 is 35.2 Å².